The van der Waals surface area contributed by atoms with Crippen LogP contribution in [0.4, 0.5) is 0 Å². The Morgan fingerprint density at radius 1 is 0.955 bits per heavy atom. The Kier molecular flexibility index (Phi) is 2.61. The van der Waals surface area contributed by atoms with Crippen LogP contribution in [-0.2, 0) is 5.41 Å². The van der Waals surface area contributed by atoms with Crippen molar-refractivity contribution in [1.82, 2.24) is 4.98 Å². The lowest BCUT2D eigenvalue weighted by molar-refractivity contribution is 0.0800. The van der Waals surface area contributed by atoms with Gasteiger partial charge in [0.05, 0.1) is 5.41 Å². The quantitative estimate of drug-likeness (QED) is 0.738. The molecule has 1 aliphatic carbocycles. The lowest BCUT2D eigenvalue weighted by Gasteiger charge is -2.32. The van der Waals surface area contributed by atoms with Crippen molar-refractivity contribution < 1.29 is 9.59 Å². The number of fused-ring (bicyclic) bond motifs is 2. The minimum atomic E-state index is -0.814. The Balaban J connectivity index is 1.95. The first-order valence-corrected chi connectivity index (χ1v) is 7.35. The van der Waals surface area contributed by atoms with Crippen molar-refractivity contribution in [2.24, 2.45) is 0 Å². The molecule has 1 unspecified atom stereocenters. The predicted octanol–water partition coefficient (Wildman–Crippen LogP) is 3.89. The Labute approximate surface area is 128 Å². The molecule has 1 aliphatic rings. The smallest absolute Gasteiger partial charge is 0.174 e. The number of benzene rings is 2. The van der Waals surface area contributed by atoms with Gasteiger partial charge in [0.25, 0.3) is 0 Å². The highest BCUT2D eigenvalue weighted by Gasteiger charge is 2.44. The van der Waals surface area contributed by atoms with E-state index in [2.05, 4.69) is 4.98 Å². The fourth-order valence-electron chi connectivity index (χ4n) is 3.46. The monoisotopic (exact) mass is 289 g/mol. The van der Waals surface area contributed by atoms with Crippen molar-refractivity contribution >= 4 is 22.5 Å². The minimum absolute atomic E-state index is 0.0208. The molecule has 2 aromatic carbocycles. The second kappa shape index (κ2) is 4.41. The molecule has 1 N–H and O–H groups in total. The van der Waals surface area contributed by atoms with E-state index in [0.29, 0.717) is 11.1 Å². The number of H-pyrrole nitrogens is 1. The van der Waals surface area contributed by atoms with Crippen LogP contribution in [0.15, 0.2) is 54.7 Å². The third-order valence-corrected chi connectivity index (χ3v) is 4.67. The predicted molar refractivity (Wildman–Crippen MR) is 85.4 cm³/mol. The molecule has 3 heteroatoms. The standard InChI is InChI=1S/C19H15NO2/c1-19(15-11-20-16-9-5-4-8-14(15)16)10-17(21)12-6-2-3-7-13(12)18(19)22/h2-9,11,20H,10H2,1H3. The van der Waals surface area contributed by atoms with Crippen LogP contribution >= 0.6 is 0 Å². The average molecular weight is 289 g/mol. The number of aromatic nitrogens is 1. The number of carbonyl (C=O) groups is 2. The zero-order chi connectivity index (χ0) is 15.3. The van der Waals surface area contributed by atoms with Gasteiger partial charge in [-0.2, -0.15) is 0 Å². The van der Waals surface area contributed by atoms with Gasteiger partial charge in [-0.05, 0) is 18.6 Å². The maximum Gasteiger partial charge on any atom is 0.174 e. The Morgan fingerprint density at radius 3 is 2.45 bits per heavy atom. The minimum Gasteiger partial charge on any atom is -0.361 e. The van der Waals surface area contributed by atoms with E-state index in [-0.39, 0.29) is 18.0 Å². The number of carbonyl (C=O) groups excluding carboxylic acids is 2. The molecule has 1 heterocycles. The van der Waals surface area contributed by atoms with Gasteiger partial charge >= 0.3 is 0 Å². The normalized spacial score (nSPS) is 21.1. The fourth-order valence-corrected chi connectivity index (χ4v) is 3.46. The molecule has 108 valence electrons. The first-order chi connectivity index (χ1) is 10.6. The molecule has 3 nitrogen and oxygen atoms in total. The van der Waals surface area contributed by atoms with Gasteiger partial charge in [0.15, 0.2) is 11.6 Å². The highest BCUT2D eigenvalue weighted by molar-refractivity contribution is 6.19. The molecular weight excluding hydrogens is 274 g/mol. The van der Waals surface area contributed by atoms with Crippen LogP contribution < -0.4 is 0 Å². The molecule has 0 amide bonds. The van der Waals surface area contributed by atoms with E-state index < -0.39 is 5.41 Å². The second-order valence-electron chi connectivity index (χ2n) is 6.05. The molecule has 0 aliphatic heterocycles. The van der Waals surface area contributed by atoms with Gasteiger partial charge in [0.1, 0.15) is 0 Å². The summed E-state index contributed by atoms with van der Waals surface area (Å²) < 4.78 is 0. The Morgan fingerprint density at radius 2 is 1.64 bits per heavy atom. The molecule has 0 spiro atoms. The van der Waals surface area contributed by atoms with Crippen LogP contribution in [0.3, 0.4) is 0 Å². The van der Waals surface area contributed by atoms with Crippen molar-refractivity contribution in [3.63, 3.8) is 0 Å². The number of hydrogen-bond acceptors (Lipinski definition) is 2. The van der Waals surface area contributed by atoms with Gasteiger partial charge in [0.2, 0.25) is 0 Å². The van der Waals surface area contributed by atoms with Crippen LogP contribution in [0.1, 0.15) is 39.6 Å². The summed E-state index contributed by atoms with van der Waals surface area (Å²) in [4.78, 5) is 28.8. The summed E-state index contributed by atoms with van der Waals surface area (Å²) in [6.45, 7) is 1.87. The third-order valence-electron chi connectivity index (χ3n) is 4.67. The van der Waals surface area contributed by atoms with Crippen LogP contribution in [0.5, 0.6) is 0 Å². The van der Waals surface area contributed by atoms with E-state index in [4.69, 9.17) is 0 Å². The highest BCUT2D eigenvalue weighted by Crippen LogP contribution is 2.40. The topological polar surface area (TPSA) is 49.9 Å². The summed E-state index contributed by atoms with van der Waals surface area (Å²) in [6, 6.07) is 15.0. The van der Waals surface area contributed by atoms with Gasteiger partial charge in [-0.15, -0.1) is 0 Å². The first-order valence-electron chi connectivity index (χ1n) is 7.35. The van der Waals surface area contributed by atoms with Gasteiger partial charge in [-0.1, -0.05) is 42.5 Å². The average Bonchev–Trinajstić information content (AvgIpc) is 2.97. The Bertz CT molecular complexity index is 922. The number of para-hydroxylation sites is 1. The molecule has 1 aromatic heterocycles. The largest absolute Gasteiger partial charge is 0.361 e. The van der Waals surface area contributed by atoms with Crippen molar-refractivity contribution in [1.29, 1.82) is 0 Å². The molecule has 0 radical (unpaired) electrons. The van der Waals surface area contributed by atoms with Gasteiger partial charge in [0, 0.05) is 34.6 Å². The number of nitrogens with one attached hydrogen (secondary N) is 1. The molecule has 1 atom stereocenters. The molecule has 0 bridgehead atoms. The lowest BCUT2D eigenvalue weighted by atomic mass is 9.67. The van der Waals surface area contributed by atoms with Crippen molar-refractivity contribution in [2.75, 3.05) is 0 Å². The van der Waals surface area contributed by atoms with E-state index in [1.807, 2.05) is 43.5 Å². The van der Waals surface area contributed by atoms with Gasteiger partial charge < -0.3 is 4.98 Å². The molecule has 22 heavy (non-hydrogen) atoms. The van der Waals surface area contributed by atoms with Gasteiger partial charge in [-0.25, -0.2) is 0 Å². The summed E-state index contributed by atoms with van der Waals surface area (Å²) in [7, 11) is 0. The van der Waals surface area contributed by atoms with E-state index in [1.54, 1.807) is 18.2 Å². The molecule has 0 saturated carbocycles. The van der Waals surface area contributed by atoms with Crippen LogP contribution in [0, 0.1) is 0 Å². The SMILES string of the molecule is CC1(c2c[nH]c3ccccc23)CC(=O)c2ccccc2C1=O. The second-order valence-corrected chi connectivity index (χ2v) is 6.05. The maximum absolute atomic E-state index is 13.1. The van der Waals surface area contributed by atoms with Crippen LogP contribution in [0.25, 0.3) is 10.9 Å². The molecule has 4 rings (SSSR count). The number of hydrogen-bond donors (Lipinski definition) is 1. The Hall–Kier alpha value is -2.68. The van der Waals surface area contributed by atoms with Crippen molar-refractivity contribution in [2.45, 2.75) is 18.8 Å². The molecular formula is C19H15NO2. The zero-order valence-electron chi connectivity index (χ0n) is 12.2. The fraction of sp³-hybridized carbons (Fsp3) is 0.158. The van der Waals surface area contributed by atoms with E-state index in [0.717, 1.165) is 16.5 Å². The molecule has 0 saturated heterocycles. The van der Waals surface area contributed by atoms with Gasteiger partial charge in [-0.3, -0.25) is 9.59 Å². The third kappa shape index (κ3) is 1.62. The first kappa shape index (κ1) is 13.0. The summed E-state index contributed by atoms with van der Waals surface area (Å²) in [6.07, 6.45) is 2.08. The van der Waals surface area contributed by atoms with Crippen LogP contribution in [-0.4, -0.2) is 16.6 Å². The number of aromatic amines is 1. The van der Waals surface area contributed by atoms with Crippen molar-refractivity contribution in [3.8, 4) is 0 Å². The highest BCUT2D eigenvalue weighted by atomic mass is 16.1. The number of ketones is 2. The number of Topliss-reactive ketones (excluding diaryl/α,β-unsaturated/α-hetero) is 2. The summed E-state index contributed by atoms with van der Waals surface area (Å²) >= 11 is 0. The molecule has 0 fully saturated rings. The van der Waals surface area contributed by atoms with E-state index in [9.17, 15) is 9.59 Å². The summed E-state index contributed by atoms with van der Waals surface area (Å²) in [5.41, 5.74) is 2.15. The lowest BCUT2D eigenvalue weighted by Crippen LogP contribution is -2.40. The van der Waals surface area contributed by atoms with E-state index >= 15 is 0 Å². The number of rotatable bonds is 1. The maximum atomic E-state index is 13.1. The van der Waals surface area contributed by atoms with E-state index in [1.165, 1.54) is 0 Å². The molecule has 3 aromatic rings. The van der Waals surface area contributed by atoms with Crippen LogP contribution in [0.2, 0.25) is 0 Å². The summed E-state index contributed by atoms with van der Waals surface area (Å²) in [5, 5.41) is 1.01. The zero-order valence-corrected chi connectivity index (χ0v) is 12.2. The summed E-state index contributed by atoms with van der Waals surface area (Å²) in [5.74, 6) is 0.0513. The van der Waals surface area contributed by atoms with Crippen molar-refractivity contribution in [3.05, 3.63) is 71.4 Å².